The molecule has 4 heteroatoms. The van der Waals surface area contributed by atoms with Gasteiger partial charge in [-0.15, -0.1) is 0 Å². The predicted molar refractivity (Wildman–Crippen MR) is 71.6 cm³/mol. The first-order valence-electron chi connectivity index (χ1n) is 6.72. The molecule has 1 aliphatic heterocycles. The van der Waals surface area contributed by atoms with Gasteiger partial charge < -0.3 is 4.90 Å². The maximum atomic E-state index is 4.63. The Hall–Kier alpha value is -1.42. The van der Waals surface area contributed by atoms with Crippen LogP contribution in [-0.4, -0.2) is 39.6 Å². The number of fused-ring (bicyclic) bond motifs is 1. The lowest BCUT2D eigenvalue weighted by molar-refractivity contribution is 0.207. The number of aryl methyl sites for hydroxylation is 1. The number of hydrogen-bond donors (Lipinski definition) is 0. The molecule has 1 fully saturated rings. The minimum Gasteiger partial charge on any atom is -0.306 e. The Bertz CT molecular complexity index is 546. The van der Waals surface area contributed by atoms with E-state index in [0.29, 0.717) is 5.92 Å². The topological polar surface area (TPSA) is 33.4 Å². The summed E-state index contributed by atoms with van der Waals surface area (Å²) in [5, 5.41) is 4.62. The molecular weight excluding hydrogens is 224 g/mol. The normalized spacial score (nSPS) is 21.6. The van der Waals surface area contributed by atoms with Gasteiger partial charge >= 0.3 is 0 Å². The summed E-state index contributed by atoms with van der Waals surface area (Å²) in [6, 6.07) is 6.13. The van der Waals surface area contributed by atoms with E-state index in [9.17, 15) is 0 Å². The quantitative estimate of drug-likeness (QED) is 0.809. The molecule has 0 spiro atoms. The van der Waals surface area contributed by atoms with Gasteiger partial charge in [0.05, 0.1) is 0 Å². The molecule has 2 aromatic heterocycles. The minimum absolute atomic E-state index is 0.710. The monoisotopic (exact) mass is 244 g/mol. The van der Waals surface area contributed by atoms with E-state index in [1.54, 1.807) is 0 Å². The van der Waals surface area contributed by atoms with Crippen molar-refractivity contribution in [1.82, 2.24) is 19.5 Å². The van der Waals surface area contributed by atoms with Crippen LogP contribution in [0.4, 0.5) is 0 Å². The molecule has 1 unspecified atom stereocenters. The Morgan fingerprint density at radius 3 is 3.06 bits per heavy atom. The van der Waals surface area contributed by atoms with Gasteiger partial charge in [0.25, 0.3) is 0 Å². The van der Waals surface area contributed by atoms with Crippen LogP contribution in [0.15, 0.2) is 18.2 Å². The van der Waals surface area contributed by atoms with E-state index in [0.717, 1.165) is 23.6 Å². The van der Waals surface area contributed by atoms with Crippen molar-refractivity contribution in [3.63, 3.8) is 0 Å². The Kier molecular flexibility index (Phi) is 3.04. The van der Waals surface area contributed by atoms with Gasteiger partial charge in [0.15, 0.2) is 11.5 Å². The van der Waals surface area contributed by atoms with E-state index in [1.165, 1.54) is 25.9 Å². The molecule has 3 heterocycles. The summed E-state index contributed by atoms with van der Waals surface area (Å²) in [7, 11) is 2.20. The van der Waals surface area contributed by atoms with Crippen molar-refractivity contribution in [1.29, 1.82) is 0 Å². The van der Waals surface area contributed by atoms with Gasteiger partial charge in [0.1, 0.15) is 0 Å². The fraction of sp³-hybridized carbons (Fsp3) is 0.571. The highest BCUT2D eigenvalue weighted by molar-refractivity contribution is 5.38. The molecule has 0 N–H and O–H groups in total. The molecule has 0 amide bonds. The zero-order valence-corrected chi connectivity index (χ0v) is 11.1. The smallest absolute Gasteiger partial charge is 0.155 e. The predicted octanol–water partition coefficient (Wildman–Crippen LogP) is 1.92. The molecule has 1 saturated heterocycles. The van der Waals surface area contributed by atoms with Crippen LogP contribution < -0.4 is 0 Å². The third-order valence-electron chi connectivity index (χ3n) is 3.79. The van der Waals surface area contributed by atoms with Crippen LogP contribution in [0.3, 0.4) is 0 Å². The van der Waals surface area contributed by atoms with Crippen molar-refractivity contribution in [3.8, 4) is 0 Å². The average Bonchev–Trinajstić information content (AvgIpc) is 2.73. The van der Waals surface area contributed by atoms with Crippen LogP contribution in [0, 0.1) is 12.8 Å². The van der Waals surface area contributed by atoms with Crippen molar-refractivity contribution in [2.24, 2.45) is 5.92 Å². The molecule has 2 aromatic rings. The lowest BCUT2D eigenvalue weighted by atomic mass is 9.95. The number of piperidine rings is 1. The summed E-state index contributed by atoms with van der Waals surface area (Å²) >= 11 is 0. The van der Waals surface area contributed by atoms with Crippen molar-refractivity contribution < 1.29 is 0 Å². The standard InChI is InChI=1S/C14H20N4/c1-11-5-3-7-14-15-13(16-18(11)14)9-12-6-4-8-17(2)10-12/h3,5,7,12H,4,6,8-10H2,1-2H3. The SMILES string of the molecule is Cc1cccc2nc(CC3CCCN(C)C3)nn12. The van der Waals surface area contributed by atoms with E-state index in [1.807, 2.05) is 16.6 Å². The zero-order chi connectivity index (χ0) is 12.5. The summed E-state index contributed by atoms with van der Waals surface area (Å²) in [6.45, 7) is 4.47. The molecule has 0 aliphatic carbocycles. The first kappa shape index (κ1) is 11.7. The lowest BCUT2D eigenvalue weighted by Crippen LogP contribution is -2.33. The number of aromatic nitrogens is 3. The maximum Gasteiger partial charge on any atom is 0.155 e. The molecule has 3 rings (SSSR count). The second kappa shape index (κ2) is 4.69. The average molecular weight is 244 g/mol. The molecule has 0 bridgehead atoms. The van der Waals surface area contributed by atoms with Crippen LogP contribution >= 0.6 is 0 Å². The fourth-order valence-corrected chi connectivity index (χ4v) is 2.86. The van der Waals surface area contributed by atoms with E-state index in [4.69, 9.17) is 0 Å². The number of hydrogen-bond acceptors (Lipinski definition) is 3. The Labute approximate surface area is 108 Å². The van der Waals surface area contributed by atoms with Crippen LogP contribution in [0.1, 0.15) is 24.4 Å². The van der Waals surface area contributed by atoms with Gasteiger partial charge in [0.2, 0.25) is 0 Å². The molecule has 18 heavy (non-hydrogen) atoms. The highest BCUT2D eigenvalue weighted by Gasteiger charge is 2.19. The van der Waals surface area contributed by atoms with Crippen molar-refractivity contribution in [2.75, 3.05) is 20.1 Å². The zero-order valence-electron chi connectivity index (χ0n) is 11.1. The van der Waals surface area contributed by atoms with Crippen LogP contribution in [0.5, 0.6) is 0 Å². The summed E-state index contributed by atoms with van der Waals surface area (Å²) < 4.78 is 1.95. The molecular formula is C14H20N4. The molecule has 0 saturated carbocycles. The Balaban J connectivity index is 1.80. The van der Waals surface area contributed by atoms with Gasteiger partial charge in [0, 0.05) is 18.7 Å². The van der Waals surface area contributed by atoms with Gasteiger partial charge in [-0.2, -0.15) is 5.10 Å². The van der Waals surface area contributed by atoms with Gasteiger partial charge in [-0.3, -0.25) is 0 Å². The first-order chi connectivity index (χ1) is 8.72. The van der Waals surface area contributed by atoms with Gasteiger partial charge in [-0.05, 0) is 51.4 Å². The van der Waals surface area contributed by atoms with Crippen LogP contribution in [0.25, 0.3) is 5.65 Å². The fourth-order valence-electron chi connectivity index (χ4n) is 2.86. The molecule has 0 aromatic carbocycles. The van der Waals surface area contributed by atoms with Crippen molar-refractivity contribution >= 4 is 5.65 Å². The Morgan fingerprint density at radius 1 is 1.39 bits per heavy atom. The van der Waals surface area contributed by atoms with Crippen LogP contribution in [-0.2, 0) is 6.42 Å². The molecule has 4 nitrogen and oxygen atoms in total. The Morgan fingerprint density at radius 2 is 2.28 bits per heavy atom. The highest BCUT2D eigenvalue weighted by atomic mass is 15.3. The summed E-state index contributed by atoms with van der Waals surface area (Å²) in [5.74, 6) is 1.70. The van der Waals surface area contributed by atoms with E-state index in [-0.39, 0.29) is 0 Å². The number of pyridine rings is 1. The third-order valence-corrected chi connectivity index (χ3v) is 3.79. The molecule has 0 radical (unpaired) electrons. The number of nitrogens with zero attached hydrogens (tertiary/aromatic N) is 4. The van der Waals surface area contributed by atoms with Crippen molar-refractivity contribution in [3.05, 3.63) is 29.7 Å². The molecule has 1 aliphatic rings. The van der Waals surface area contributed by atoms with E-state index in [2.05, 4.69) is 35.0 Å². The maximum absolute atomic E-state index is 4.63. The van der Waals surface area contributed by atoms with E-state index < -0.39 is 0 Å². The van der Waals surface area contributed by atoms with Gasteiger partial charge in [-0.1, -0.05) is 6.07 Å². The minimum atomic E-state index is 0.710. The number of likely N-dealkylation sites (tertiary alicyclic amines) is 1. The lowest BCUT2D eigenvalue weighted by Gasteiger charge is -2.28. The largest absolute Gasteiger partial charge is 0.306 e. The van der Waals surface area contributed by atoms with Gasteiger partial charge in [-0.25, -0.2) is 9.50 Å². The summed E-state index contributed by atoms with van der Waals surface area (Å²) in [4.78, 5) is 7.04. The second-order valence-electron chi connectivity index (χ2n) is 5.44. The van der Waals surface area contributed by atoms with E-state index >= 15 is 0 Å². The number of rotatable bonds is 2. The summed E-state index contributed by atoms with van der Waals surface area (Å²) in [5.41, 5.74) is 2.11. The molecule has 96 valence electrons. The highest BCUT2D eigenvalue weighted by Crippen LogP contribution is 2.19. The summed E-state index contributed by atoms with van der Waals surface area (Å²) in [6.07, 6.45) is 3.61. The third kappa shape index (κ3) is 2.25. The molecule has 1 atom stereocenters. The second-order valence-corrected chi connectivity index (χ2v) is 5.44. The first-order valence-corrected chi connectivity index (χ1v) is 6.72. The van der Waals surface area contributed by atoms with Crippen molar-refractivity contribution in [2.45, 2.75) is 26.2 Å². The van der Waals surface area contributed by atoms with Crippen LogP contribution in [0.2, 0.25) is 0 Å².